The number of nitrogens with two attached hydrogens (primary N) is 2. The molecule has 4 N–H and O–H groups in total. The number of ether oxygens (including phenoxy) is 2. The fraction of sp³-hybridized carbons (Fsp3) is 0.429. The number of fused-ring (bicyclic) bond motifs is 1. The summed E-state index contributed by atoms with van der Waals surface area (Å²) >= 11 is 0.372. The Hall–Kier alpha value is -1.62. The zero-order valence-electron chi connectivity index (χ0n) is 13.6. The van der Waals surface area contributed by atoms with Crippen LogP contribution in [0.4, 0.5) is 5.82 Å². The van der Waals surface area contributed by atoms with Crippen LogP contribution in [-0.4, -0.2) is 53.0 Å². The highest BCUT2D eigenvalue weighted by Gasteiger charge is 2.17. The van der Waals surface area contributed by atoms with Crippen LogP contribution in [-0.2, 0) is 11.2 Å². The lowest BCUT2D eigenvalue weighted by atomic mass is 10.2. The summed E-state index contributed by atoms with van der Waals surface area (Å²) in [6.07, 6.45) is 1.62. The van der Waals surface area contributed by atoms with Gasteiger partial charge < -0.3 is 14.4 Å². The Labute approximate surface area is 147 Å². The van der Waals surface area contributed by atoms with Crippen LogP contribution in [0.5, 0.6) is 11.5 Å². The standard InChI is InChI=1S/C14H17N3O2S.H4N2OS/c1-18-12-7-10-11(8-13(12)19-2)15-9-16-14(10)17-3-5-20-6-4-17;1-4(2)3/h7-9H,3-6H2,1-2H3;1-2H2. The van der Waals surface area contributed by atoms with Gasteiger partial charge in [0.25, 0.3) is 0 Å². The monoisotopic (exact) mass is 371 g/mol. The molecule has 0 unspecified atom stereocenters. The summed E-state index contributed by atoms with van der Waals surface area (Å²) < 4.78 is 19.8. The van der Waals surface area contributed by atoms with Crippen molar-refractivity contribution < 1.29 is 13.7 Å². The van der Waals surface area contributed by atoms with Crippen LogP contribution in [0.1, 0.15) is 0 Å². The molecule has 8 nitrogen and oxygen atoms in total. The highest BCUT2D eigenvalue weighted by molar-refractivity contribution is 7.99. The molecule has 0 spiro atoms. The maximum absolute atomic E-state index is 9.11. The van der Waals surface area contributed by atoms with Crippen LogP contribution < -0.4 is 24.7 Å². The molecule has 2 aromatic rings. The van der Waals surface area contributed by atoms with Crippen LogP contribution in [0.2, 0.25) is 0 Å². The smallest absolute Gasteiger partial charge is 0.162 e. The second-order valence-corrected chi connectivity index (χ2v) is 6.73. The fourth-order valence-corrected chi connectivity index (χ4v) is 3.30. The minimum atomic E-state index is -1.61. The predicted octanol–water partition coefficient (Wildman–Crippen LogP) is 0.683. The molecule has 10 heteroatoms. The molecule has 3 rings (SSSR count). The number of benzene rings is 1. The predicted molar refractivity (Wildman–Crippen MR) is 98.7 cm³/mol. The van der Waals surface area contributed by atoms with Gasteiger partial charge in [0.15, 0.2) is 22.7 Å². The van der Waals surface area contributed by atoms with Gasteiger partial charge in [-0.25, -0.2) is 24.5 Å². The average Bonchev–Trinajstić information content (AvgIpc) is 2.60. The van der Waals surface area contributed by atoms with E-state index in [0.29, 0.717) is 11.5 Å². The highest BCUT2D eigenvalue weighted by Crippen LogP contribution is 2.35. The van der Waals surface area contributed by atoms with Crippen molar-refractivity contribution in [2.75, 3.05) is 43.7 Å². The molecule has 24 heavy (non-hydrogen) atoms. The van der Waals surface area contributed by atoms with Gasteiger partial charge in [-0.05, 0) is 6.07 Å². The zero-order valence-corrected chi connectivity index (χ0v) is 15.2. The van der Waals surface area contributed by atoms with Crippen LogP contribution >= 0.6 is 11.8 Å². The molecule has 1 aliphatic rings. The summed E-state index contributed by atoms with van der Waals surface area (Å²) in [5, 5.41) is 9.73. The quantitative estimate of drug-likeness (QED) is 0.815. The SMILES string of the molecule is COc1cc2ncnc(N3CCSCC3)c2cc1OC.NS(N)=O. The first-order valence-electron chi connectivity index (χ1n) is 7.16. The lowest BCUT2D eigenvalue weighted by Crippen LogP contribution is -2.33. The molecule has 1 aliphatic heterocycles. The number of nitrogens with zero attached hydrogens (tertiary/aromatic N) is 3. The molecule has 1 aromatic carbocycles. The van der Waals surface area contributed by atoms with E-state index in [-0.39, 0.29) is 0 Å². The van der Waals surface area contributed by atoms with Gasteiger partial charge in [0.2, 0.25) is 0 Å². The van der Waals surface area contributed by atoms with Crippen LogP contribution in [0, 0.1) is 0 Å². The first-order chi connectivity index (χ1) is 11.6. The molecular formula is C14H21N5O3S2. The van der Waals surface area contributed by atoms with Crippen molar-refractivity contribution >= 4 is 39.7 Å². The number of thioether (sulfide) groups is 1. The van der Waals surface area contributed by atoms with Crippen LogP contribution in [0.15, 0.2) is 18.5 Å². The molecule has 0 bridgehead atoms. The first kappa shape index (κ1) is 18.7. The molecule has 0 radical (unpaired) electrons. The second-order valence-electron chi connectivity index (χ2n) is 4.85. The lowest BCUT2D eigenvalue weighted by molar-refractivity contribution is 0.356. The number of hydrogen-bond donors (Lipinski definition) is 2. The van der Waals surface area contributed by atoms with Gasteiger partial charge in [0.05, 0.1) is 19.7 Å². The van der Waals surface area contributed by atoms with Crippen molar-refractivity contribution in [1.82, 2.24) is 9.97 Å². The Morgan fingerprint density at radius 3 is 2.29 bits per heavy atom. The summed E-state index contributed by atoms with van der Waals surface area (Å²) in [4.78, 5) is 11.1. The summed E-state index contributed by atoms with van der Waals surface area (Å²) in [6, 6.07) is 3.86. The third-order valence-electron chi connectivity index (χ3n) is 3.43. The normalized spacial score (nSPS) is 14.3. The van der Waals surface area contributed by atoms with Gasteiger partial charge in [-0.1, -0.05) is 0 Å². The van der Waals surface area contributed by atoms with Gasteiger partial charge in [0.1, 0.15) is 12.1 Å². The Bertz CT molecular complexity index is 706. The molecule has 2 heterocycles. The van der Waals surface area contributed by atoms with E-state index in [9.17, 15) is 0 Å². The molecule has 0 atom stereocenters. The van der Waals surface area contributed by atoms with E-state index < -0.39 is 11.2 Å². The van der Waals surface area contributed by atoms with Crippen LogP contribution in [0.25, 0.3) is 10.9 Å². The minimum absolute atomic E-state index is 0.693. The van der Waals surface area contributed by atoms with E-state index >= 15 is 0 Å². The highest BCUT2D eigenvalue weighted by atomic mass is 32.2. The fourth-order valence-electron chi connectivity index (χ4n) is 2.40. The Morgan fingerprint density at radius 2 is 1.71 bits per heavy atom. The molecule has 132 valence electrons. The topological polar surface area (TPSA) is 117 Å². The molecule has 0 aliphatic carbocycles. The maximum atomic E-state index is 9.11. The Balaban J connectivity index is 0.000000471. The largest absolute Gasteiger partial charge is 0.493 e. The summed E-state index contributed by atoms with van der Waals surface area (Å²) in [7, 11) is 3.28. The number of rotatable bonds is 3. The molecule has 0 saturated carbocycles. The number of hydrogen-bond acceptors (Lipinski definition) is 7. The summed E-state index contributed by atoms with van der Waals surface area (Å²) in [6.45, 7) is 2.04. The molecular weight excluding hydrogens is 350 g/mol. The van der Waals surface area contributed by atoms with Crippen LogP contribution in [0.3, 0.4) is 0 Å². The molecule has 1 aromatic heterocycles. The van der Waals surface area contributed by atoms with Crippen molar-refractivity contribution in [2.24, 2.45) is 10.3 Å². The van der Waals surface area contributed by atoms with Crippen molar-refractivity contribution in [3.8, 4) is 11.5 Å². The van der Waals surface area contributed by atoms with E-state index in [1.807, 2.05) is 23.9 Å². The molecule has 1 fully saturated rings. The number of anilines is 1. The van der Waals surface area contributed by atoms with Gasteiger partial charge in [0, 0.05) is 36.0 Å². The third-order valence-corrected chi connectivity index (χ3v) is 4.37. The third kappa shape index (κ3) is 4.69. The van der Waals surface area contributed by atoms with E-state index in [2.05, 4.69) is 25.1 Å². The van der Waals surface area contributed by atoms with Crippen molar-refractivity contribution in [3.05, 3.63) is 18.5 Å². The minimum Gasteiger partial charge on any atom is -0.493 e. The molecule has 0 amide bonds. The Kier molecular flexibility index (Phi) is 7.03. The van der Waals surface area contributed by atoms with Crippen molar-refractivity contribution in [3.63, 3.8) is 0 Å². The van der Waals surface area contributed by atoms with E-state index in [1.165, 1.54) is 0 Å². The molecule has 1 saturated heterocycles. The van der Waals surface area contributed by atoms with E-state index in [4.69, 9.17) is 13.7 Å². The van der Waals surface area contributed by atoms with Gasteiger partial charge in [-0.2, -0.15) is 11.8 Å². The zero-order chi connectivity index (χ0) is 17.5. The summed E-state index contributed by atoms with van der Waals surface area (Å²) in [5.41, 5.74) is 0.880. The Morgan fingerprint density at radius 1 is 1.12 bits per heavy atom. The summed E-state index contributed by atoms with van der Waals surface area (Å²) in [5.74, 6) is 4.66. The van der Waals surface area contributed by atoms with Crippen molar-refractivity contribution in [1.29, 1.82) is 0 Å². The van der Waals surface area contributed by atoms with E-state index in [0.717, 1.165) is 41.3 Å². The number of methoxy groups -OCH3 is 2. The first-order valence-corrected chi connectivity index (χ1v) is 9.60. The average molecular weight is 371 g/mol. The van der Waals surface area contributed by atoms with Gasteiger partial charge in [-0.3, -0.25) is 0 Å². The maximum Gasteiger partial charge on any atom is 0.162 e. The van der Waals surface area contributed by atoms with Crippen molar-refractivity contribution in [2.45, 2.75) is 0 Å². The second kappa shape index (κ2) is 9.02. The van der Waals surface area contributed by atoms with Gasteiger partial charge >= 0.3 is 0 Å². The number of aromatic nitrogens is 2. The van der Waals surface area contributed by atoms with E-state index in [1.54, 1.807) is 20.5 Å². The van der Waals surface area contributed by atoms with Gasteiger partial charge in [-0.15, -0.1) is 0 Å². The lowest BCUT2D eigenvalue weighted by Gasteiger charge is -2.28.